The van der Waals surface area contributed by atoms with Gasteiger partial charge in [0.05, 0.1) is 0 Å². The molecule has 2 aliphatic rings. The van der Waals surface area contributed by atoms with E-state index in [0.29, 0.717) is 11.8 Å². The van der Waals surface area contributed by atoms with Crippen LogP contribution in [0.3, 0.4) is 0 Å². The molecule has 0 bridgehead atoms. The number of rotatable bonds is 4. The summed E-state index contributed by atoms with van der Waals surface area (Å²) in [6.07, 6.45) is 13.6. The third kappa shape index (κ3) is 4.12. The summed E-state index contributed by atoms with van der Waals surface area (Å²) < 4.78 is 5.73. The van der Waals surface area contributed by atoms with Crippen molar-refractivity contribution in [2.24, 2.45) is 11.8 Å². The molecular weight excluding hydrogens is 240 g/mol. The van der Waals surface area contributed by atoms with E-state index in [9.17, 15) is 5.11 Å². The van der Waals surface area contributed by atoms with Crippen molar-refractivity contribution < 1.29 is 9.84 Å². The Morgan fingerprint density at radius 2 is 1.47 bits per heavy atom. The number of aliphatic hydroxyl groups excluding tert-OH is 1. The Labute approximate surface area is 115 Å². The Balaban J connectivity index is 2.02. The third-order valence-corrected chi connectivity index (χ3v) is 4.65. The maximum atomic E-state index is 9.67. The molecule has 0 atom stereocenters. The van der Waals surface area contributed by atoms with Gasteiger partial charge >= 0.3 is 12.1 Å². The SMILES string of the molecule is N#[N+]/C=C(\O)OC(C1CCCCC1)C1CCCCC1. The number of hydrogen-bond acceptors (Lipinski definition) is 3. The second kappa shape index (κ2) is 7.37. The van der Waals surface area contributed by atoms with Gasteiger partial charge in [0.25, 0.3) is 0 Å². The predicted molar refractivity (Wildman–Crippen MR) is 73.8 cm³/mol. The number of aliphatic hydroxyl groups is 1. The van der Waals surface area contributed by atoms with Crippen LogP contribution in [0.5, 0.6) is 0 Å². The molecule has 0 aliphatic heterocycles. The first kappa shape index (κ1) is 14.2. The van der Waals surface area contributed by atoms with Crippen LogP contribution in [0.4, 0.5) is 0 Å². The quantitative estimate of drug-likeness (QED) is 0.590. The maximum absolute atomic E-state index is 9.67. The molecule has 2 saturated carbocycles. The molecule has 4 heteroatoms. The lowest BCUT2D eigenvalue weighted by Gasteiger charge is -2.36. The molecule has 0 amide bonds. The standard InChI is InChI=1S/C15H24N2O2/c16-17-11-14(18)19-15(12-7-3-1-4-8-12)13-9-5-2-6-10-13/h11-13,15H,1-10H2/p+1/b14-11+. The summed E-state index contributed by atoms with van der Waals surface area (Å²) in [6.45, 7) is 0. The molecule has 0 radical (unpaired) electrons. The lowest BCUT2D eigenvalue weighted by atomic mass is 9.75. The molecule has 4 nitrogen and oxygen atoms in total. The minimum Gasteiger partial charge on any atom is -0.476 e. The molecule has 106 valence electrons. The molecule has 0 saturated heterocycles. The van der Waals surface area contributed by atoms with Crippen LogP contribution in [0.15, 0.2) is 12.1 Å². The zero-order valence-corrected chi connectivity index (χ0v) is 11.6. The van der Waals surface area contributed by atoms with E-state index < -0.39 is 0 Å². The van der Waals surface area contributed by atoms with E-state index in [1.54, 1.807) is 0 Å². The van der Waals surface area contributed by atoms with Gasteiger partial charge < -0.3 is 9.84 Å². The van der Waals surface area contributed by atoms with Gasteiger partial charge in [-0.05, 0) is 37.5 Å². The predicted octanol–water partition coefficient (Wildman–Crippen LogP) is 4.74. The Morgan fingerprint density at radius 1 is 1.00 bits per heavy atom. The molecule has 0 heterocycles. The van der Waals surface area contributed by atoms with E-state index in [1.165, 1.54) is 64.2 Å². The molecule has 0 aromatic carbocycles. The summed E-state index contributed by atoms with van der Waals surface area (Å²) in [6, 6.07) is 0. The van der Waals surface area contributed by atoms with Gasteiger partial charge in [0.2, 0.25) is 5.39 Å². The molecule has 0 aromatic rings. The van der Waals surface area contributed by atoms with E-state index in [2.05, 4.69) is 4.98 Å². The summed E-state index contributed by atoms with van der Waals surface area (Å²) in [5.41, 5.74) is 0. The highest BCUT2D eigenvalue weighted by Gasteiger charge is 2.34. The van der Waals surface area contributed by atoms with Crippen LogP contribution in [0.25, 0.3) is 4.98 Å². The van der Waals surface area contributed by atoms with Gasteiger partial charge in [0.15, 0.2) is 4.98 Å². The largest absolute Gasteiger partial charge is 0.476 e. The van der Waals surface area contributed by atoms with Gasteiger partial charge in [-0.1, -0.05) is 38.5 Å². The molecule has 2 fully saturated rings. The van der Waals surface area contributed by atoms with Crippen molar-refractivity contribution in [2.75, 3.05) is 0 Å². The fourth-order valence-corrected chi connectivity index (χ4v) is 3.72. The van der Waals surface area contributed by atoms with Gasteiger partial charge in [-0.3, -0.25) is 0 Å². The Kier molecular flexibility index (Phi) is 5.50. The molecular formula is C15H25N2O2+. The number of diazo groups is 1. The van der Waals surface area contributed by atoms with Crippen LogP contribution >= 0.6 is 0 Å². The van der Waals surface area contributed by atoms with Crippen LogP contribution in [0.2, 0.25) is 0 Å². The lowest BCUT2D eigenvalue weighted by Crippen LogP contribution is -2.34. The van der Waals surface area contributed by atoms with Gasteiger partial charge in [-0.2, -0.15) is 0 Å². The van der Waals surface area contributed by atoms with Crippen molar-refractivity contribution in [3.63, 3.8) is 0 Å². The summed E-state index contributed by atoms with van der Waals surface area (Å²) in [4.78, 5) is 2.84. The normalized spacial score (nSPS) is 23.3. The number of ether oxygens (including phenoxy) is 1. The fraction of sp³-hybridized carbons (Fsp3) is 0.867. The third-order valence-electron chi connectivity index (χ3n) is 4.65. The van der Waals surface area contributed by atoms with E-state index in [1.807, 2.05) is 0 Å². The fourth-order valence-electron chi connectivity index (χ4n) is 3.72. The lowest BCUT2D eigenvalue weighted by molar-refractivity contribution is -0.0515. The van der Waals surface area contributed by atoms with Gasteiger partial charge in [0.1, 0.15) is 6.10 Å². The summed E-state index contributed by atoms with van der Waals surface area (Å²) in [5, 5.41) is 18.1. The highest BCUT2D eigenvalue weighted by atomic mass is 16.6. The highest BCUT2D eigenvalue weighted by Crippen LogP contribution is 2.38. The van der Waals surface area contributed by atoms with E-state index in [-0.39, 0.29) is 12.0 Å². The second-order valence-electron chi connectivity index (χ2n) is 5.96. The van der Waals surface area contributed by atoms with Crippen molar-refractivity contribution in [2.45, 2.75) is 70.3 Å². The minimum atomic E-state index is -0.247. The minimum absolute atomic E-state index is 0.0959. The average molecular weight is 265 g/mol. The Hall–Kier alpha value is -1.24. The zero-order chi connectivity index (χ0) is 13.5. The first-order valence-electron chi connectivity index (χ1n) is 7.71. The molecule has 0 unspecified atom stereocenters. The van der Waals surface area contributed by atoms with Crippen LogP contribution in [0, 0.1) is 17.2 Å². The molecule has 1 N–H and O–H groups in total. The van der Waals surface area contributed by atoms with Gasteiger partial charge in [0, 0.05) is 0 Å². The number of hydrogen-bond donors (Lipinski definition) is 1. The highest BCUT2D eigenvalue weighted by molar-refractivity contribution is 4.91. The van der Waals surface area contributed by atoms with Crippen molar-refractivity contribution in [1.29, 1.82) is 5.39 Å². The van der Waals surface area contributed by atoms with Crippen molar-refractivity contribution in [3.8, 4) is 0 Å². The van der Waals surface area contributed by atoms with E-state index in [0.717, 1.165) is 6.20 Å². The zero-order valence-electron chi connectivity index (χ0n) is 11.6. The van der Waals surface area contributed by atoms with Gasteiger partial charge in [-0.15, -0.1) is 0 Å². The summed E-state index contributed by atoms with van der Waals surface area (Å²) in [7, 11) is 0. The molecule has 2 rings (SSSR count). The monoisotopic (exact) mass is 265 g/mol. The van der Waals surface area contributed by atoms with Crippen molar-refractivity contribution in [3.05, 3.63) is 17.1 Å². The molecule has 0 aromatic heterocycles. The second-order valence-corrected chi connectivity index (χ2v) is 5.96. The molecule has 19 heavy (non-hydrogen) atoms. The van der Waals surface area contributed by atoms with Crippen LogP contribution in [-0.2, 0) is 4.74 Å². The molecule has 2 aliphatic carbocycles. The number of nitrogens with zero attached hydrogens (tertiary/aromatic N) is 2. The van der Waals surface area contributed by atoms with Crippen LogP contribution in [0.1, 0.15) is 64.2 Å². The van der Waals surface area contributed by atoms with Crippen molar-refractivity contribution >= 4 is 0 Å². The van der Waals surface area contributed by atoms with Crippen LogP contribution < -0.4 is 0 Å². The smallest absolute Gasteiger partial charge is 0.429 e. The van der Waals surface area contributed by atoms with Gasteiger partial charge in [-0.25, -0.2) is 0 Å². The Bertz CT molecular complexity index is 319. The van der Waals surface area contributed by atoms with E-state index in [4.69, 9.17) is 10.1 Å². The first-order valence-corrected chi connectivity index (χ1v) is 7.71. The van der Waals surface area contributed by atoms with Crippen LogP contribution in [-0.4, -0.2) is 11.2 Å². The molecule has 0 spiro atoms. The summed E-state index contributed by atoms with van der Waals surface area (Å²) >= 11 is 0. The topological polar surface area (TPSA) is 57.6 Å². The van der Waals surface area contributed by atoms with E-state index >= 15 is 0 Å². The Morgan fingerprint density at radius 3 is 1.89 bits per heavy atom. The summed E-state index contributed by atoms with van der Waals surface area (Å²) in [5.74, 6) is 0.848. The average Bonchev–Trinajstić information content (AvgIpc) is 2.47. The maximum Gasteiger partial charge on any atom is 0.429 e. The van der Waals surface area contributed by atoms with Crippen molar-refractivity contribution in [1.82, 2.24) is 0 Å². The first-order chi connectivity index (χ1) is 9.31.